The van der Waals surface area contributed by atoms with E-state index in [4.69, 9.17) is 5.73 Å². The Bertz CT molecular complexity index is 353. The summed E-state index contributed by atoms with van der Waals surface area (Å²) in [4.78, 5) is 11.2. The molecule has 1 aliphatic rings. The quantitative estimate of drug-likeness (QED) is 0.532. The Morgan fingerprint density at radius 3 is 2.61 bits per heavy atom. The number of hydrogen-bond acceptors (Lipinski definition) is 4. The zero-order chi connectivity index (χ0) is 13.4. The van der Waals surface area contributed by atoms with E-state index >= 15 is 0 Å². The molecule has 1 amide bonds. The van der Waals surface area contributed by atoms with Crippen LogP contribution in [0, 0.1) is 5.92 Å². The van der Waals surface area contributed by atoms with Crippen LogP contribution >= 0.6 is 0 Å². The number of sulfonamides is 1. The molecule has 1 aliphatic carbocycles. The minimum absolute atomic E-state index is 0.0614. The van der Waals surface area contributed by atoms with Gasteiger partial charge in [-0.3, -0.25) is 4.79 Å². The first-order valence-electron chi connectivity index (χ1n) is 6.47. The van der Waals surface area contributed by atoms with Crippen LogP contribution in [0.2, 0.25) is 0 Å². The zero-order valence-corrected chi connectivity index (χ0v) is 11.5. The van der Waals surface area contributed by atoms with E-state index < -0.39 is 10.0 Å². The van der Waals surface area contributed by atoms with Crippen molar-refractivity contribution >= 4 is 15.9 Å². The Morgan fingerprint density at radius 2 is 2.06 bits per heavy atom. The van der Waals surface area contributed by atoms with Crippen LogP contribution in [-0.4, -0.2) is 39.7 Å². The summed E-state index contributed by atoms with van der Waals surface area (Å²) in [5, 5.41) is 2.58. The van der Waals surface area contributed by atoms with Gasteiger partial charge in [-0.2, -0.15) is 0 Å². The van der Waals surface area contributed by atoms with Gasteiger partial charge in [0.15, 0.2) is 0 Å². The lowest BCUT2D eigenvalue weighted by Gasteiger charge is -2.25. The number of carbonyl (C=O) groups excluding carboxylic acids is 1. The monoisotopic (exact) mass is 277 g/mol. The molecule has 6 nitrogen and oxygen atoms in total. The van der Waals surface area contributed by atoms with E-state index in [1.165, 1.54) is 6.42 Å². The fourth-order valence-corrected chi connectivity index (χ4v) is 2.69. The molecule has 18 heavy (non-hydrogen) atoms. The summed E-state index contributed by atoms with van der Waals surface area (Å²) in [6, 6.07) is 0. The van der Waals surface area contributed by atoms with Crippen molar-refractivity contribution in [2.45, 2.75) is 32.1 Å². The standard InChI is InChI=1S/C11H23N3O3S/c12-6-2-5-11(15)13-7-8-18(16,17)14-9-10-3-1-4-10/h10,14H,1-9,12H2,(H,13,15). The molecule has 0 heterocycles. The van der Waals surface area contributed by atoms with Gasteiger partial charge >= 0.3 is 0 Å². The van der Waals surface area contributed by atoms with E-state index in [2.05, 4.69) is 10.0 Å². The third-order valence-corrected chi connectivity index (χ3v) is 4.47. The van der Waals surface area contributed by atoms with E-state index in [9.17, 15) is 13.2 Å². The Kier molecular flexibility index (Phi) is 6.59. The molecule has 1 fully saturated rings. The molecule has 106 valence electrons. The number of nitrogens with two attached hydrogens (primary N) is 1. The van der Waals surface area contributed by atoms with Crippen LogP contribution in [0.5, 0.6) is 0 Å². The molecule has 1 rings (SSSR count). The van der Waals surface area contributed by atoms with E-state index in [0.717, 1.165) is 12.8 Å². The third-order valence-electron chi connectivity index (χ3n) is 3.12. The van der Waals surface area contributed by atoms with Crippen molar-refractivity contribution in [3.05, 3.63) is 0 Å². The van der Waals surface area contributed by atoms with Crippen molar-refractivity contribution in [1.29, 1.82) is 0 Å². The van der Waals surface area contributed by atoms with Gasteiger partial charge < -0.3 is 11.1 Å². The van der Waals surface area contributed by atoms with Gasteiger partial charge in [-0.25, -0.2) is 13.1 Å². The van der Waals surface area contributed by atoms with Crippen molar-refractivity contribution < 1.29 is 13.2 Å². The van der Waals surface area contributed by atoms with E-state index in [-0.39, 0.29) is 18.2 Å². The highest BCUT2D eigenvalue weighted by molar-refractivity contribution is 7.89. The maximum absolute atomic E-state index is 11.6. The number of carbonyl (C=O) groups is 1. The van der Waals surface area contributed by atoms with Gasteiger partial charge in [-0.15, -0.1) is 0 Å². The molecule has 0 aromatic heterocycles. The number of hydrogen-bond donors (Lipinski definition) is 3. The highest BCUT2D eigenvalue weighted by atomic mass is 32.2. The van der Waals surface area contributed by atoms with Crippen LogP contribution in [0.4, 0.5) is 0 Å². The molecule has 7 heteroatoms. The molecule has 0 aromatic carbocycles. The Labute approximate surface area is 109 Å². The van der Waals surface area contributed by atoms with Crippen LogP contribution in [0.15, 0.2) is 0 Å². The van der Waals surface area contributed by atoms with Gasteiger partial charge in [0.2, 0.25) is 15.9 Å². The second-order valence-corrected chi connectivity index (χ2v) is 6.63. The molecular formula is C11H23N3O3S. The van der Waals surface area contributed by atoms with Crippen LogP contribution in [0.25, 0.3) is 0 Å². The summed E-state index contributed by atoms with van der Waals surface area (Å²) in [6.45, 7) is 1.15. The van der Waals surface area contributed by atoms with Crippen molar-refractivity contribution in [2.75, 3.05) is 25.4 Å². The second kappa shape index (κ2) is 7.70. The Hall–Kier alpha value is -0.660. The summed E-state index contributed by atoms with van der Waals surface area (Å²) in [7, 11) is -3.26. The molecule has 0 unspecified atom stereocenters. The molecule has 0 atom stereocenters. The lowest BCUT2D eigenvalue weighted by Crippen LogP contribution is -2.37. The molecule has 1 saturated carbocycles. The molecule has 0 aromatic rings. The molecule has 0 aliphatic heterocycles. The molecule has 0 saturated heterocycles. The Balaban J connectivity index is 2.10. The largest absolute Gasteiger partial charge is 0.355 e. The van der Waals surface area contributed by atoms with Gasteiger partial charge in [0.05, 0.1) is 5.75 Å². The minimum Gasteiger partial charge on any atom is -0.355 e. The highest BCUT2D eigenvalue weighted by Crippen LogP contribution is 2.25. The van der Waals surface area contributed by atoms with Gasteiger partial charge in [-0.1, -0.05) is 6.42 Å². The first-order valence-corrected chi connectivity index (χ1v) is 8.13. The maximum Gasteiger partial charge on any atom is 0.220 e. The van der Waals surface area contributed by atoms with E-state index in [1.807, 2.05) is 0 Å². The fraction of sp³-hybridized carbons (Fsp3) is 0.909. The first-order chi connectivity index (χ1) is 8.53. The van der Waals surface area contributed by atoms with Crippen molar-refractivity contribution in [2.24, 2.45) is 11.7 Å². The summed E-state index contributed by atoms with van der Waals surface area (Å²) in [5.74, 6) is 0.294. The van der Waals surface area contributed by atoms with Crippen molar-refractivity contribution in [1.82, 2.24) is 10.0 Å². The predicted molar refractivity (Wildman–Crippen MR) is 70.4 cm³/mol. The van der Waals surface area contributed by atoms with Crippen LogP contribution in [0.1, 0.15) is 32.1 Å². The van der Waals surface area contributed by atoms with Crippen LogP contribution in [0.3, 0.4) is 0 Å². The van der Waals surface area contributed by atoms with Crippen molar-refractivity contribution in [3.63, 3.8) is 0 Å². The maximum atomic E-state index is 11.6. The summed E-state index contributed by atoms with van der Waals surface area (Å²) < 4.78 is 25.8. The summed E-state index contributed by atoms with van der Waals surface area (Å²) in [6.07, 6.45) is 4.39. The lowest BCUT2D eigenvalue weighted by atomic mass is 9.86. The van der Waals surface area contributed by atoms with Crippen LogP contribution < -0.4 is 15.8 Å². The number of amides is 1. The zero-order valence-electron chi connectivity index (χ0n) is 10.7. The highest BCUT2D eigenvalue weighted by Gasteiger charge is 2.20. The van der Waals surface area contributed by atoms with Gasteiger partial charge in [0.1, 0.15) is 0 Å². The second-order valence-electron chi connectivity index (χ2n) is 4.71. The summed E-state index contributed by atoms with van der Waals surface area (Å²) in [5.41, 5.74) is 5.28. The lowest BCUT2D eigenvalue weighted by molar-refractivity contribution is -0.121. The van der Waals surface area contributed by atoms with Crippen molar-refractivity contribution in [3.8, 4) is 0 Å². The van der Waals surface area contributed by atoms with Gasteiger partial charge in [-0.05, 0) is 31.7 Å². The molecule has 4 N–H and O–H groups in total. The number of nitrogens with one attached hydrogen (secondary N) is 2. The molecule has 0 spiro atoms. The first kappa shape index (κ1) is 15.4. The minimum atomic E-state index is -3.26. The topological polar surface area (TPSA) is 101 Å². The fourth-order valence-electron chi connectivity index (χ4n) is 1.69. The van der Waals surface area contributed by atoms with Gasteiger partial charge in [0.25, 0.3) is 0 Å². The number of rotatable bonds is 9. The van der Waals surface area contributed by atoms with E-state index in [0.29, 0.717) is 31.8 Å². The van der Waals surface area contributed by atoms with Gasteiger partial charge in [0, 0.05) is 19.5 Å². The predicted octanol–water partition coefficient (Wildman–Crippen LogP) is -0.439. The average Bonchev–Trinajstić information content (AvgIpc) is 2.23. The Morgan fingerprint density at radius 1 is 1.33 bits per heavy atom. The molecule has 0 bridgehead atoms. The SMILES string of the molecule is NCCCC(=O)NCCS(=O)(=O)NCC1CCC1. The normalized spacial score (nSPS) is 16.3. The average molecular weight is 277 g/mol. The molecule has 0 radical (unpaired) electrons. The van der Waals surface area contributed by atoms with Crippen LogP contribution in [-0.2, 0) is 14.8 Å². The summed E-state index contributed by atoms with van der Waals surface area (Å²) >= 11 is 0. The van der Waals surface area contributed by atoms with E-state index in [1.54, 1.807) is 0 Å². The molecular weight excluding hydrogens is 254 g/mol. The third kappa shape index (κ3) is 6.32. The smallest absolute Gasteiger partial charge is 0.220 e.